The molecule has 3 nitrogen and oxygen atoms in total. The molecule has 0 atom stereocenters. The second-order valence-electron chi connectivity index (χ2n) is 6.42. The standard InChI is InChI=1S/C23H31NO2/c1-2-3-4-5-6-7-8-9-10-11-12-13-14-23(26)24-20-19-21-15-17-22(25)18-16-21/h15-18,25H,2-9,14,19-20H2,1H3,(H,24,26). The second-order valence-corrected chi connectivity index (χ2v) is 6.42. The number of aromatic hydroxyl groups is 1. The van der Waals surface area contributed by atoms with E-state index in [0.29, 0.717) is 6.54 Å². The van der Waals surface area contributed by atoms with Crippen LogP contribution < -0.4 is 5.32 Å². The fourth-order valence-electron chi connectivity index (χ4n) is 2.52. The van der Waals surface area contributed by atoms with Gasteiger partial charge in [0.25, 0.3) is 0 Å². The number of phenols is 1. The number of benzene rings is 1. The van der Waals surface area contributed by atoms with Crippen molar-refractivity contribution in [3.63, 3.8) is 0 Å². The molecule has 1 amide bonds. The molecule has 0 aliphatic heterocycles. The average Bonchev–Trinajstić information content (AvgIpc) is 2.64. The molecule has 3 heteroatoms. The third kappa shape index (κ3) is 12.0. The SMILES string of the molecule is CCCCCCCCCC#CC#CCC(=O)NCCc1ccc(O)cc1. The van der Waals surface area contributed by atoms with E-state index in [1.807, 2.05) is 12.1 Å². The maximum absolute atomic E-state index is 11.7. The van der Waals surface area contributed by atoms with Gasteiger partial charge in [-0.2, -0.15) is 0 Å². The van der Waals surface area contributed by atoms with E-state index in [1.54, 1.807) is 12.1 Å². The van der Waals surface area contributed by atoms with Crippen LogP contribution in [0.5, 0.6) is 5.75 Å². The lowest BCUT2D eigenvalue weighted by Crippen LogP contribution is -2.24. The van der Waals surface area contributed by atoms with Crippen LogP contribution in [0, 0.1) is 23.7 Å². The van der Waals surface area contributed by atoms with Crippen molar-refractivity contribution in [2.24, 2.45) is 0 Å². The summed E-state index contributed by atoms with van der Waals surface area (Å²) < 4.78 is 0. The molecule has 26 heavy (non-hydrogen) atoms. The molecule has 0 bridgehead atoms. The Kier molecular flexibility index (Phi) is 12.4. The van der Waals surface area contributed by atoms with Gasteiger partial charge >= 0.3 is 0 Å². The van der Waals surface area contributed by atoms with E-state index in [0.717, 1.165) is 24.8 Å². The molecule has 0 aromatic heterocycles. The van der Waals surface area contributed by atoms with E-state index in [9.17, 15) is 9.90 Å². The van der Waals surface area contributed by atoms with Gasteiger partial charge in [0.1, 0.15) is 5.75 Å². The van der Waals surface area contributed by atoms with E-state index in [4.69, 9.17) is 0 Å². The lowest BCUT2D eigenvalue weighted by Gasteiger charge is -2.03. The Morgan fingerprint density at radius 3 is 2.35 bits per heavy atom. The van der Waals surface area contributed by atoms with Gasteiger partial charge in [-0.05, 0) is 42.4 Å². The van der Waals surface area contributed by atoms with Crippen LogP contribution in [0.15, 0.2) is 24.3 Å². The molecular formula is C23H31NO2. The first-order valence-corrected chi connectivity index (χ1v) is 9.72. The number of rotatable bonds is 11. The number of carbonyl (C=O) groups excluding carboxylic acids is 1. The first kappa shape index (κ1) is 21.7. The number of phenolic OH excluding ortho intramolecular Hbond substituents is 1. The maximum atomic E-state index is 11.7. The van der Waals surface area contributed by atoms with Crippen LogP contribution in [0.3, 0.4) is 0 Å². The van der Waals surface area contributed by atoms with Crippen molar-refractivity contribution in [2.45, 2.75) is 71.1 Å². The van der Waals surface area contributed by atoms with Crippen molar-refractivity contribution < 1.29 is 9.90 Å². The van der Waals surface area contributed by atoms with Crippen LogP contribution in [0.25, 0.3) is 0 Å². The van der Waals surface area contributed by atoms with Gasteiger partial charge < -0.3 is 10.4 Å². The van der Waals surface area contributed by atoms with Crippen molar-refractivity contribution in [2.75, 3.05) is 6.54 Å². The van der Waals surface area contributed by atoms with Crippen LogP contribution in [-0.2, 0) is 11.2 Å². The van der Waals surface area contributed by atoms with Gasteiger partial charge in [-0.3, -0.25) is 4.79 Å². The Hall–Kier alpha value is -2.39. The lowest BCUT2D eigenvalue weighted by atomic mass is 10.1. The fourth-order valence-corrected chi connectivity index (χ4v) is 2.52. The third-order valence-corrected chi connectivity index (χ3v) is 4.07. The highest BCUT2D eigenvalue weighted by molar-refractivity contribution is 5.78. The highest BCUT2D eigenvalue weighted by Gasteiger charge is 1.98. The predicted molar refractivity (Wildman–Crippen MR) is 108 cm³/mol. The number of hydrogen-bond acceptors (Lipinski definition) is 2. The monoisotopic (exact) mass is 353 g/mol. The Morgan fingerprint density at radius 1 is 0.962 bits per heavy atom. The Morgan fingerprint density at radius 2 is 1.62 bits per heavy atom. The first-order valence-electron chi connectivity index (χ1n) is 9.72. The van der Waals surface area contributed by atoms with Gasteiger partial charge in [0.2, 0.25) is 5.91 Å². The smallest absolute Gasteiger partial charge is 0.232 e. The van der Waals surface area contributed by atoms with E-state index in [2.05, 4.69) is 35.9 Å². The van der Waals surface area contributed by atoms with Crippen LogP contribution in [-0.4, -0.2) is 17.6 Å². The molecule has 0 fully saturated rings. The fraction of sp³-hybridized carbons (Fsp3) is 0.522. The van der Waals surface area contributed by atoms with Crippen LogP contribution >= 0.6 is 0 Å². The second kappa shape index (κ2) is 14.9. The normalized spacial score (nSPS) is 9.58. The molecule has 0 saturated carbocycles. The van der Waals surface area contributed by atoms with Gasteiger partial charge in [-0.25, -0.2) is 0 Å². The number of hydrogen-bond donors (Lipinski definition) is 2. The molecule has 1 aromatic carbocycles. The zero-order chi connectivity index (χ0) is 18.9. The first-order chi connectivity index (χ1) is 12.7. The van der Waals surface area contributed by atoms with Crippen LogP contribution in [0.4, 0.5) is 0 Å². The molecule has 0 spiro atoms. The molecule has 0 radical (unpaired) electrons. The minimum atomic E-state index is -0.0786. The summed E-state index contributed by atoms with van der Waals surface area (Å²) in [5.41, 5.74) is 1.07. The molecule has 0 aliphatic rings. The van der Waals surface area contributed by atoms with E-state index in [-0.39, 0.29) is 18.1 Å². The van der Waals surface area contributed by atoms with Crippen molar-refractivity contribution in [1.82, 2.24) is 5.32 Å². The minimum absolute atomic E-state index is 0.0786. The lowest BCUT2D eigenvalue weighted by molar-refractivity contribution is -0.120. The zero-order valence-corrected chi connectivity index (χ0v) is 15.9. The van der Waals surface area contributed by atoms with Gasteiger partial charge in [-0.1, -0.05) is 69.4 Å². The summed E-state index contributed by atoms with van der Waals surface area (Å²) in [7, 11) is 0. The van der Waals surface area contributed by atoms with Gasteiger partial charge in [0.05, 0.1) is 6.42 Å². The molecule has 1 aromatic rings. The molecule has 0 aliphatic carbocycles. The molecule has 0 heterocycles. The molecule has 0 saturated heterocycles. The molecule has 2 N–H and O–H groups in total. The quantitative estimate of drug-likeness (QED) is 0.451. The Labute approximate surface area is 158 Å². The summed E-state index contributed by atoms with van der Waals surface area (Å²) in [6.07, 6.45) is 10.8. The van der Waals surface area contributed by atoms with Gasteiger partial charge in [0, 0.05) is 13.0 Å². The average molecular weight is 354 g/mol. The topological polar surface area (TPSA) is 49.3 Å². The number of unbranched alkanes of at least 4 members (excludes halogenated alkanes) is 7. The van der Waals surface area contributed by atoms with Crippen LogP contribution in [0.1, 0.15) is 70.3 Å². The summed E-state index contributed by atoms with van der Waals surface area (Å²) >= 11 is 0. The molecular weight excluding hydrogens is 322 g/mol. The van der Waals surface area contributed by atoms with Crippen molar-refractivity contribution >= 4 is 5.91 Å². The van der Waals surface area contributed by atoms with Crippen molar-refractivity contribution in [1.29, 1.82) is 0 Å². The van der Waals surface area contributed by atoms with E-state index < -0.39 is 0 Å². The summed E-state index contributed by atoms with van der Waals surface area (Å²) in [4.78, 5) is 11.7. The number of nitrogens with one attached hydrogen (secondary N) is 1. The number of carbonyl (C=O) groups is 1. The molecule has 0 unspecified atom stereocenters. The predicted octanol–water partition coefficient (Wildman–Crippen LogP) is 4.59. The van der Waals surface area contributed by atoms with Gasteiger partial charge in [0.15, 0.2) is 0 Å². The van der Waals surface area contributed by atoms with Crippen molar-refractivity contribution in [3.8, 4) is 29.4 Å². The number of amides is 1. The van der Waals surface area contributed by atoms with E-state index in [1.165, 1.54) is 38.5 Å². The molecule has 1 rings (SSSR count). The zero-order valence-electron chi connectivity index (χ0n) is 15.9. The summed E-state index contributed by atoms with van der Waals surface area (Å²) in [6, 6.07) is 6.99. The Balaban J connectivity index is 2.03. The summed E-state index contributed by atoms with van der Waals surface area (Å²) in [6.45, 7) is 2.80. The largest absolute Gasteiger partial charge is 0.508 e. The summed E-state index contributed by atoms with van der Waals surface area (Å²) in [5, 5.41) is 12.0. The minimum Gasteiger partial charge on any atom is -0.508 e. The van der Waals surface area contributed by atoms with E-state index >= 15 is 0 Å². The summed E-state index contributed by atoms with van der Waals surface area (Å²) in [5.74, 6) is 11.6. The maximum Gasteiger partial charge on any atom is 0.232 e. The Bertz CT molecular complexity index is 626. The highest BCUT2D eigenvalue weighted by atomic mass is 16.3. The third-order valence-electron chi connectivity index (χ3n) is 4.07. The highest BCUT2D eigenvalue weighted by Crippen LogP contribution is 2.09. The van der Waals surface area contributed by atoms with Gasteiger partial charge in [-0.15, -0.1) is 0 Å². The van der Waals surface area contributed by atoms with Crippen LogP contribution in [0.2, 0.25) is 0 Å². The van der Waals surface area contributed by atoms with Crippen molar-refractivity contribution in [3.05, 3.63) is 29.8 Å². The molecule has 140 valence electrons.